The van der Waals surface area contributed by atoms with Gasteiger partial charge < -0.3 is 16.0 Å². The topological polar surface area (TPSA) is 97.0 Å². The predicted octanol–water partition coefficient (Wildman–Crippen LogP) is 5.87. The molecule has 1 unspecified atom stereocenters. The van der Waals surface area contributed by atoms with Gasteiger partial charge in [0.2, 0.25) is 5.95 Å². The second kappa shape index (κ2) is 9.32. The number of carbonyl (C=O) groups is 1. The lowest BCUT2D eigenvalue weighted by Gasteiger charge is -2.17. The van der Waals surface area contributed by atoms with Gasteiger partial charge in [-0.05, 0) is 60.7 Å². The van der Waals surface area contributed by atoms with Gasteiger partial charge in [-0.1, -0.05) is 29.3 Å². The van der Waals surface area contributed by atoms with Crippen molar-refractivity contribution < 1.29 is 4.79 Å². The zero-order valence-corrected chi connectivity index (χ0v) is 20.9. The van der Waals surface area contributed by atoms with E-state index in [1.807, 2.05) is 30.3 Å². The first-order valence-corrected chi connectivity index (χ1v) is 12.7. The van der Waals surface area contributed by atoms with Crippen LogP contribution in [-0.2, 0) is 0 Å². The lowest BCUT2D eigenvalue weighted by Crippen LogP contribution is -2.27. The van der Waals surface area contributed by atoms with Crippen LogP contribution in [0.25, 0.3) is 22.0 Å². The van der Waals surface area contributed by atoms with Gasteiger partial charge in [0.1, 0.15) is 0 Å². The molecule has 36 heavy (non-hydrogen) atoms. The molecular formula is C27H24Cl2N6O. The van der Waals surface area contributed by atoms with Gasteiger partial charge in [0.05, 0.1) is 34.8 Å². The maximum atomic E-state index is 13.2. The van der Waals surface area contributed by atoms with E-state index in [9.17, 15) is 4.79 Å². The van der Waals surface area contributed by atoms with E-state index in [1.54, 1.807) is 24.7 Å². The van der Waals surface area contributed by atoms with Crippen LogP contribution in [0.3, 0.4) is 0 Å². The third kappa shape index (κ3) is 4.62. The van der Waals surface area contributed by atoms with Crippen molar-refractivity contribution in [3.8, 4) is 11.1 Å². The number of ketones is 1. The van der Waals surface area contributed by atoms with Crippen LogP contribution in [0.5, 0.6) is 0 Å². The number of halogens is 2. The number of nitrogens with two attached hydrogens (primary N) is 1. The summed E-state index contributed by atoms with van der Waals surface area (Å²) in [6.07, 6.45) is 7.90. The van der Waals surface area contributed by atoms with Crippen LogP contribution in [0.4, 0.5) is 17.3 Å². The molecule has 0 radical (unpaired) electrons. The number of pyridine rings is 1. The summed E-state index contributed by atoms with van der Waals surface area (Å²) in [6.45, 7) is 1.59. The molecule has 2 aromatic heterocycles. The maximum absolute atomic E-state index is 13.2. The Morgan fingerprint density at radius 3 is 2.36 bits per heavy atom. The maximum Gasteiger partial charge on any atom is 0.225 e. The van der Waals surface area contributed by atoms with Crippen LogP contribution < -0.4 is 16.0 Å². The van der Waals surface area contributed by atoms with Crippen molar-refractivity contribution >= 4 is 57.2 Å². The summed E-state index contributed by atoms with van der Waals surface area (Å²) < 4.78 is 0. The molecule has 0 bridgehead atoms. The smallest absolute Gasteiger partial charge is 0.225 e. The number of rotatable bonds is 6. The highest BCUT2D eigenvalue weighted by Gasteiger charge is 2.32. The minimum Gasteiger partial charge on any atom is -0.352 e. The summed E-state index contributed by atoms with van der Waals surface area (Å²) >= 11 is 12.5. The van der Waals surface area contributed by atoms with E-state index in [0.717, 1.165) is 54.4 Å². The van der Waals surface area contributed by atoms with E-state index in [-0.39, 0.29) is 17.7 Å². The predicted molar refractivity (Wildman–Crippen MR) is 144 cm³/mol. The molecule has 2 aromatic carbocycles. The fourth-order valence-electron chi connectivity index (χ4n) is 4.64. The van der Waals surface area contributed by atoms with Crippen molar-refractivity contribution in [2.24, 2.45) is 11.7 Å². The monoisotopic (exact) mass is 518 g/mol. The fraction of sp³-hybridized carbons (Fsp3) is 0.259. The number of carbonyl (C=O) groups excluding carboxylic acids is 1. The quantitative estimate of drug-likeness (QED) is 0.308. The third-order valence-corrected chi connectivity index (χ3v) is 7.13. The number of benzene rings is 2. The highest BCUT2D eigenvalue weighted by atomic mass is 35.5. The number of hydrogen-bond donors (Lipinski definition) is 2. The summed E-state index contributed by atoms with van der Waals surface area (Å²) in [5, 5.41) is 5.37. The van der Waals surface area contributed by atoms with Gasteiger partial charge in [0.25, 0.3) is 0 Å². The van der Waals surface area contributed by atoms with Crippen molar-refractivity contribution in [3.63, 3.8) is 0 Å². The van der Waals surface area contributed by atoms with Crippen LogP contribution in [0, 0.1) is 5.92 Å². The second-order valence-electron chi connectivity index (χ2n) is 9.47. The van der Waals surface area contributed by atoms with E-state index in [2.05, 4.69) is 25.2 Å². The normalized spacial score (nSPS) is 17.5. The van der Waals surface area contributed by atoms with Crippen LogP contribution in [0.15, 0.2) is 55.0 Å². The fourth-order valence-corrected chi connectivity index (χ4v) is 5.17. The van der Waals surface area contributed by atoms with Gasteiger partial charge in [0, 0.05) is 46.7 Å². The largest absolute Gasteiger partial charge is 0.352 e. The molecule has 4 aromatic rings. The zero-order valence-electron chi connectivity index (χ0n) is 19.4. The summed E-state index contributed by atoms with van der Waals surface area (Å²) in [6, 6.07) is 11.5. The van der Waals surface area contributed by atoms with Gasteiger partial charge in [-0.25, -0.2) is 9.97 Å². The Hall–Kier alpha value is -3.26. The molecule has 9 heteroatoms. The molecule has 2 fully saturated rings. The van der Waals surface area contributed by atoms with Gasteiger partial charge in [-0.15, -0.1) is 0 Å². The van der Waals surface area contributed by atoms with Crippen molar-refractivity contribution in [3.05, 3.63) is 70.6 Å². The molecule has 182 valence electrons. The minimum atomic E-state index is 0.0534. The Morgan fingerprint density at radius 2 is 1.69 bits per heavy atom. The number of nitrogens with zero attached hydrogens (tertiary/aromatic N) is 4. The lowest BCUT2D eigenvalue weighted by molar-refractivity contribution is 0.0968. The highest BCUT2D eigenvalue weighted by Crippen LogP contribution is 2.39. The second-order valence-corrected chi connectivity index (χ2v) is 10.3. The van der Waals surface area contributed by atoms with Gasteiger partial charge >= 0.3 is 0 Å². The molecule has 1 atom stereocenters. The van der Waals surface area contributed by atoms with E-state index in [1.165, 1.54) is 0 Å². The molecule has 6 rings (SSSR count). The first-order chi connectivity index (χ1) is 17.4. The number of aromatic nitrogens is 3. The standard InChI is InChI=1S/C27H24Cl2N6O/c28-18-7-17(8-19(29)10-18)16-3-4-24-22(9-16)25(23(13-31-24)26(36)15-1-2-15)34-21-11-32-27(33-12-21)35-6-5-20(30)14-35/h3-4,7-13,15,20H,1-2,5-6,14,30H2,(H,31,34). The Labute approximate surface area is 218 Å². The Morgan fingerprint density at radius 1 is 0.944 bits per heavy atom. The third-order valence-electron chi connectivity index (χ3n) is 6.69. The number of Topliss-reactive ketones (excluding diaryl/α,β-unsaturated/α-hetero) is 1. The summed E-state index contributed by atoms with van der Waals surface area (Å²) in [7, 11) is 0. The van der Waals surface area contributed by atoms with Crippen molar-refractivity contribution in [2.75, 3.05) is 23.3 Å². The molecule has 3 heterocycles. The molecular weight excluding hydrogens is 495 g/mol. The Bertz CT molecular complexity index is 1450. The Kier molecular flexibility index (Phi) is 5.99. The SMILES string of the molecule is NC1CCN(c2ncc(Nc3c(C(=O)C4CC4)cnc4ccc(-c5cc(Cl)cc(Cl)c5)cc34)cn2)C1. The van der Waals surface area contributed by atoms with Gasteiger partial charge in [-0.2, -0.15) is 0 Å². The molecule has 1 aliphatic carbocycles. The first-order valence-electron chi connectivity index (χ1n) is 12.0. The van der Waals surface area contributed by atoms with Crippen molar-refractivity contribution in [1.29, 1.82) is 0 Å². The average molecular weight is 519 g/mol. The van der Waals surface area contributed by atoms with Crippen LogP contribution in [0.2, 0.25) is 10.0 Å². The molecule has 1 aliphatic heterocycles. The van der Waals surface area contributed by atoms with E-state index >= 15 is 0 Å². The molecule has 3 N–H and O–H groups in total. The molecule has 1 saturated heterocycles. The molecule has 1 saturated carbocycles. The van der Waals surface area contributed by atoms with Crippen LogP contribution in [0.1, 0.15) is 29.6 Å². The van der Waals surface area contributed by atoms with E-state index in [0.29, 0.717) is 32.9 Å². The van der Waals surface area contributed by atoms with Gasteiger partial charge in [-0.3, -0.25) is 9.78 Å². The minimum absolute atomic E-state index is 0.0534. The molecule has 7 nitrogen and oxygen atoms in total. The van der Waals surface area contributed by atoms with Crippen molar-refractivity contribution in [1.82, 2.24) is 15.0 Å². The number of anilines is 3. The van der Waals surface area contributed by atoms with Crippen molar-refractivity contribution in [2.45, 2.75) is 25.3 Å². The Balaban J connectivity index is 1.42. The molecule has 2 aliphatic rings. The molecule has 0 amide bonds. The number of nitrogens with one attached hydrogen (secondary N) is 1. The highest BCUT2D eigenvalue weighted by molar-refractivity contribution is 6.35. The van der Waals surface area contributed by atoms with Crippen LogP contribution >= 0.6 is 23.2 Å². The van der Waals surface area contributed by atoms with Crippen LogP contribution in [-0.4, -0.2) is 39.9 Å². The average Bonchev–Trinajstić information content (AvgIpc) is 3.63. The van der Waals surface area contributed by atoms with E-state index in [4.69, 9.17) is 28.9 Å². The molecule has 0 spiro atoms. The summed E-state index contributed by atoms with van der Waals surface area (Å²) in [5.74, 6) is 0.812. The first kappa shape index (κ1) is 23.2. The summed E-state index contributed by atoms with van der Waals surface area (Å²) in [5.41, 5.74) is 10.6. The zero-order chi connectivity index (χ0) is 24.8. The number of hydrogen-bond acceptors (Lipinski definition) is 7. The summed E-state index contributed by atoms with van der Waals surface area (Å²) in [4.78, 5) is 29.0. The lowest BCUT2D eigenvalue weighted by atomic mass is 9.99. The number of fused-ring (bicyclic) bond motifs is 1. The van der Waals surface area contributed by atoms with E-state index < -0.39 is 0 Å². The van der Waals surface area contributed by atoms with Gasteiger partial charge in [0.15, 0.2) is 5.78 Å².